The molecule has 2 heterocycles. The molecule has 1 aliphatic heterocycles. The van der Waals surface area contributed by atoms with Crippen LogP contribution in [0.3, 0.4) is 0 Å². The van der Waals surface area contributed by atoms with Crippen LogP contribution in [0.2, 0.25) is 0 Å². The van der Waals surface area contributed by atoms with E-state index in [2.05, 4.69) is 17.1 Å². The summed E-state index contributed by atoms with van der Waals surface area (Å²) >= 11 is 1.45. The molecule has 2 aromatic rings. The van der Waals surface area contributed by atoms with Crippen molar-refractivity contribution in [3.63, 3.8) is 0 Å². The number of ether oxygens (including phenoxy) is 1. The number of thiazole rings is 1. The topological polar surface area (TPSA) is 45.9 Å². The molecule has 3 rings (SSSR count). The number of aryl methyl sites for hydroxylation is 1. The number of aromatic nitrogens is 1. The first-order valence-electron chi connectivity index (χ1n) is 5.41. The molecule has 0 atom stereocenters. The van der Waals surface area contributed by atoms with Gasteiger partial charge in [-0.1, -0.05) is 0 Å². The quantitative estimate of drug-likeness (QED) is 0.772. The summed E-state index contributed by atoms with van der Waals surface area (Å²) in [5.74, 6) is 0.975. The molecule has 17 heavy (non-hydrogen) atoms. The van der Waals surface area contributed by atoms with Gasteiger partial charge >= 0.3 is 0 Å². The highest BCUT2D eigenvalue weighted by Gasteiger charge is 2.15. The van der Waals surface area contributed by atoms with Crippen molar-refractivity contribution in [3.05, 3.63) is 34.3 Å². The molecule has 1 aromatic heterocycles. The Kier molecular flexibility index (Phi) is 2.34. The van der Waals surface area contributed by atoms with Crippen molar-refractivity contribution in [3.8, 4) is 22.4 Å². The molecule has 0 N–H and O–H groups in total. The zero-order valence-electron chi connectivity index (χ0n) is 9.36. The van der Waals surface area contributed by atoms with E-state index in [4.69, 9.17) is 10.00 Å². The second-order valence-corrected chi connectivity index (χ2v) is 4.97. The SMILES string of the molecule is Cc1nc(-c2ccc3c(c2)CCO3)sc1C#N. The van der Waals surface area contributed by atoms with Crippen LogP contribution in [0.5, 0.6) is 5.75 Å². The Labute approximate surface area is 103 Å². The molecule has 0 saturated heterocycles. The lowest BCUT2D eigenvalue weighted by Crippen LogP contribution is -1.85. The van der Waals surface area contributed by atoms with E-state index >= 15 is 0 Å². The number of fused-ring (bicyclic) bond motifs is 1. The second-order valence-electron chi connectivity index (χ2n) is 3.97. The minimum Gasteiger partial charge on any atom is -0.493 e. The molecule has 84 valence electrons. The third kappa shape index (κ3) is 1.69. The van der Waals surface area contributed by atoms with Gasteiger partial charge < -0.3 is 4.74 Å². The summed E-state index contributed by atoms with van der Waals surface area (Å²) in [6, 6.07) is 8.27. The molecule has 0 amide bonds. The first kappa shape index (κ1) is 10.3. The third-order valence-electron chi connectivity index (χ3n) is 2.83. The zero-order chi connectivity index (χ0) is 11.8. The molecule has 0 radical (unpaired) electrons. The molecule has 4 heteroatoms. The highest BCUT2D eigenvalue weighted by molar-refractivity contribution is 7.15. The summed E-state index contributed by atoms with van der Waals surface area (Å²) in [6.45, 7) is 2.63. The summed E-state index contributed by atoms with van der Waals surface area (Å²) in [5.41, 5.74) is 3.11. The molecule has 0 bridgehead atoms. The fourth-order valence-corrected chi connectivity index (χ4v) is 2.80. The van der Waals surface area contributed by atoms with Gasteiger partial charge in [0, 0.05) is 12.0 Å². The highest BCUT2D eigenvalue weighted by atomic mass is 32.1. The first-order chi connectivity index (χ1) is 8.28. The second kappa shape index (κ2) is 3.86. The van der Waals surface area contributed by atoms with Crippen LogP contribution in [0.4, 0.5) is 0 Å². The van der Waals surface area contributed by atoms with Crippen molar-refractivity contribution in [1.82, 2.24) is 4.98 Å². The van der Waals surface area contributed by atoms with Crippen molar-refractivity contribution in [2.45, 2.75) is 13.3 Å². The Bertz CT molecular complexity index is 625. The summed E-state index contributed by atoms with van der Waals surface area (Å²) in [6.07, 6.45) is 0.957. The van der Waals surface area contributed by atoms with Gasteiger partial charge in [-0.05, 0) is 30.7 Å². The number of nitrogens with zero attached hydrogens (tertiary/aromatic N) is 2. The van der Waals surface area contributed by atoms with E-state index in [1.54, 1.807) is 0 Å². The van der Waals surface area contributed by atoms with E-state index in [1.165, 1.54) is 16.9 Å². The third-order valence-corrected chi connectivity index (χ3v) is 3.95. The maximum absolute atomic E-state index is 8.93. The Morgan fingerprint density at radius 2 is 2.35 bits per heavy atom. The van der Waals surface area contributed by atoms with Gasteiger partial charge in [0.1, 0.15) is 21.7 Å². The Hall–Kier alpha value is -1.86. The maximum atomic E-state index is 8.93. The van der Waals surface area contributed by atoms with Crippen LogP contribution in [0.1, 0.15) is 16.1 Å². The molecule has 0 unspecified atom stereocenters. The van der Waals surface area contributed by atoms with Crippen molar-refractivity contribution in [1.29, 1.82) is 5.26 Å². The van der Waals surface area contributed by atoms with Gasteiger partial charge in [-0.2, -0.15) is 5.26 Å². The number of nitriles is 1. The fraction of sp³-hybridized carbons (Fsp3) is 0.231. The standard InChI is InChI=1S/C13H10N2OS/c1-8-12(7-14)17-13(15-8)10-2-3-11-9(6-10)4-5-16-11/h2-3,6H,4-5H2,1H3. The molecule has 0 spiro atoms. The summed E-state index contributed by atoms with van der Waals surface area (Å²) in [5, 5.41) is 9.84. The number of hydrogen-bond donors (Lipinski definition) is 0. The van der Waals surface area contributed by atoms with Crippen LogP contribution >= 0.6 is 11.3 Å². The average molecular weight is 242 g/mol. The molecule has 1 aromatic carbocycles. The Morgan fingerprint density at radius 1 is 1.47 bits per heavy atom. The van der Waals surface area contributed by atoms with E-state index in [0.717, 1.165) is 35.0 Å². The minimum absolute atomic E-state index is 0.691. The van der Waals surface area contributed by atoms with Crippen molar-refractivity contribution < 1.29 is 4.74 Å². The van der Waals surface area contributed by atoms with Gasteiger partial charge in [-0.15, -0.1) is 11.3 Å². The van der Waals surface area contributed by atoms with Crippen LogP contribution in [0.25, 0.3) is 10.6 Å². The van der Waals surface area contributed by atoms with Gasteiger partial charge in [-0.25, -0.2) is 4.98 Å². The lowest BCUT2D eigenvalue weighted by Gasteiger charge is -2.00. The van der Waals surface area contributed by atoms with Gasteiger partial charge in [0.2, 0.25) is 0 Å². The number of benzene rings is 1. The van der Waals surface area contributed by atoms with E-state index in [0.29, 0.717) is 4.88 Å². The van der Waals surface area contributed by atoms with Crippen LogP contribution in [-0.2, 0) is 6.42 Å². The van der Waals surface area contributed by atoms with E-state index in [-0.39, 0.29) is 0 Å². The summed E-state index contributed by atoms with van der Waals surface area (Å²) < 4.78 is 5.47. The van der Waals surface area contributed by atoms with Crippen LogP contribution in [0.15, 0.2) is 18.2 Å². The predicted octanol–water partition coefficient (Wildman–Crippen LogP) is 2.93. The molecule has 0 aliphatic carbocycles. The Balaban J connectivity index is 2.07. The van der Waals surface area contributed by atoms with Gasteiger partial charge in [0.05, 0.1) is 12.3 Å². The normalized spacial score (nSPS) is 12.9. The lowest BCUT2D eigenvalue weighted by molar-refractivity contribution is 0.357. The molecule has 0 saturated carbocycles. The Morgan fingerprint density at radius 3 is 3.12 bits per heavy atom. The lowest BCUT2D eigenvalue weighted by atomic mass is 10.1. The van der Waals surface area contributed by atoms with Crippen LogP contribution in [0, 0.1) is 18.3 Å². The highest BCUT2D eigenvalue weighted by Crippen LogP contribution is 2.33. The van der Waals surface area contributed by atoms with Crippen molar-refractivity contribution >= 4 is 11.3 Å². The van der Waals surface area contributed by atoms with Gasteiger partial charge in [-0.3, -0.25) is 0 Å². The molecule has 0 fully saturated rings. The predicted molar refractivity (Wildman–Crippen MR) is 66.2 cm³/mol. The van der Waals surface area contributed by atoms with Crippen LogP contribution < -0.4 is 4.74 Å². The fourth-order valence-electron chi connectivity index (χ4n) is 1.94. The van der Waals surface area contributed by atoms with Gasteiger partial charge in [0.25, 0.3) is 0 Å². The monoisotopic (exact) mass is 242 g/mol. The molecule has 3 nitrogen and oxygen atoms in total. The van der Waals surface area contributed by atoms with Gasteiger partial charge in [0.15, 0.2) is 0 Å². The van der Waals surface area contributed by atoms with E-state index in [1.807, 2.05) is 19.1 Å². The largest absolute Gasteiger partial charge is 0.493 e. The summed E-state index contributed by atoms with van der Waals surface area (Å²) in [4.78, 5) is 5.12. The van der Waals surface area contributed by atoms with E-state index < -0.39 is 0 Å². The molecular weight excluding hydrogens is 232 g/mol. The van der Waals surface area contributed by atoms with Crippen molar-refractivity contribution in [2.75, 3.05) is 6.61 Å². The first-order valence-corrected chi connectivity index (χ1v) is 6.23. The van der Waals surface area contributed by atoms with Crippen molar-refractivity contribution in [2.24, 2.45) is 0 Å². The average Bonchev–Trinajstić information content (AvgIpc) is 2.93. The molecule has 1 aliphatic rings. The summed E-state index contributed by atoms with van der Waals surface area (Å²) in [7, 11) is 0. The van der Waals surface area contributed by atoms with Crippen LogP contribution in [-0.4, -0.2) is 11.6 Å². The van der Waals surface area contributed by atoms with E-state index in [9.17, 15) is 0 Å². The zero-order valence-corrected chi connectivity index (χ0v) is 10.2. The smallest absolute Gasteiger partial charge is 0.128 e. The molecular formula is C13H10N2OS. The number of rotatable bonds is 1. The number of hydrogen-bond acceptors (Lipinski definition) is 4. The minimum atomic E-state index is 0.691. The maximum Gasteiger partial charge on any atom is 0.128 e.